The van der Waals surface area contributed by atoms with Gasteiger partial charge in [0.15, 0.2) is 0 Å². The van der Waals surface area contributed by atoms with E-state index in [1.807, 2.05) is 0 Å². The van der Waals surface area contributed by atoms with Gasteiger partial charge in [0.05, 0.1) is 18.6 Å². The second-order valence-electron chi connectivity index (χ2n) is 10.9. The molecule has 40 heavy (non-hydrogen) atoms. The Bertz CT molecular complexity index is 1080. The lowest BCUT2D eigenvalue weighted by molar-refractivity contribution is -0.170. The summed E-state index contributed by atoms with van der Waals surface area (Å²) in [6, 6.07) is 3.11. The number of halogens is 3. The molecule has 1 aliphatic heterocycles. The van der Waals surface area contributed by atoms with Crippen molar-refractivity contribution in [3.8, 4) is 5.75 Å². The number of alkyl halides is 3. The van der Waals surface area contributed by atoms with Gasteiger partial charge in [0.2, 0.25) is 15.9 Å². The van der Waals surface area contributed by atoms with Crippen molar-refractivity contribution in [2.24, 2.45) is 0 Å². The lowest BCUT2D eigenvalue weighted by Crippen LogP contribution is -2.53. The molecule has 1 aliphatic carbocycles. The number of amides is 1. The molecule has 13 heteroatoms. The molecule has 0 bridgehead atoms. The molecule has 0 radical (unpaired) electrons. The van der Waals surface area contributed by atoms with Crippen molar-refractivity contribution in [1.29, 1.82) is 0 Å². The van der Waals surface area contributed by atoms with Crippen molar-refractivity contribution in [1.82, 2.24) is 19.0 Å². The number of benzene rings is 1. The number of aryl methyl sites for hydroxylation is 2. The number of rotatable bonds is 11. The van der Waals surface area contributed by atoms with Gasteiger partial charge in [-0.05, 0) is 69.8 Å². The van der Waals surface area contributed by atoms with Crippen molar-refractivity contribution < 1.29 is 35.9 Å². The van der Waals surface area contributed by atoms with Crippen molar-refractivity contribution in [3.05, 3.63) is 23.3 Å². The van der Waals surface area contributed by atoms with Crippen LogP contribution >= 0.6 is 0 Å². The van der Waals surface area contributed by atoms with Gasteiger partial charge >= 0.3 is 6.18 Å². The van der Waals surface area contributed by atoms with Crippen molar-refractivity contribution in [2.45, 2.75) is 62.7 Å². The first-order valence-corrected chi connectivity index (χ1v) is 15.1. The molecular weight excluding hydrogens is 549 g/mol. The maximum atomic E-state index is 13.4. The number of nitrogens with zero attached hydrogens (tertiary/aromatic N) is 4. The van der Waals surface area contributed by atoms with E-state index in [-0.39, 0.29) is 18.0 Å². The summed E-state index contributed by atoms with van der Waals surface area (Å²) in [6.07, 6.45) is -1.99. The number of hydrogen-bond donors (Lipinski definition) is 0. The number of carbonyl (C=O) groups excluding carboxylic acids is 1. The zero-order chi connectivity index (χ0) is 29.7. The van der Waals surface area contributed by atoms with Gasteiger partial charge < -0.3 is 19.3 Å². The van der Waals surface area contributed by atoms with Crippen LogP contribution in [-0.4, -0.2) is 125 Å². The molecule has 2 fully saturated rings. The third-order valence-corrected chi connectivity index (χ3v) is 10.1. The fraction of sp³-hybridized carbons (Fsp3) is 0.741. The van der Waals surface area contributed by atoms with Gasteiger partial charge in [0, 0.05) is 51.9 Å². The molecule has 2 aliphatic rings. The Hall–Kier alpha value is -1.93. The lowest BCUT2D eigenvalue weighted by atomic mass is 9.88. The van der Waals surface area contributed by atoms with Crippen LogP contribution in [0.15, 0.2) is 17.0 Å². The first-order chi connectivity index (χ1) is 18.7. The molecule has 228 valence electrons. The van der Waals surface area contributed by atoms with Crippen molar-refractivity contribution in [3.63, 3.8) is 0 Å². The molecule has 0 unspecified atom stereocenters. The lowest BCUT2D eigenvalue weighted by Gasteiger charge is -2.43. The molecule has 9 nitrogen and oxygen atoms in total. The molecule has 1 amide bonds. The number of likely N-dealkylation sites (N-methyl/N-ethyl adjacent to an activating group) is 2. The van der Waals surface area contributed by atoms with Crippen LogP contribution < -0.4 is 4.74 Å². The monoisotopic (exact) mass is 592 g/mol. The second-order valence-corrected chi connectivity index (χ2v) is 12.9. The molecular formula is C27H43F3N4O5S. The van der Waals surface area contributed by atoms with E-state index in [4.69, 9.17) is 9.47 Å². The average Bonchev–Trinajstić information content (AvgIpc) is 2.89. The molecule has 1 aromatic carbocycles. The summed E-state index contributed by atoms with van der Waals surface area (Å²) in [6.45, 7) is 5.17. The zero-order valence-corrected chi connectivity index (χ0v) is 25.0. The van der Waals surface area contributed by atoms with Crippen molar-refractivity contribution >= 4 is 15.9 Å². The Labute approximate surface area is 236 Å². The molecule has 1 heterocycles. The Balaban J connectivity index is 1.54. The summed E-state index contributed by atoms with van der Waals surface area (Å²) < 4.78 is 78.2. The Morgan fingerprint density at radius 1 is 1.05 bits per heavy atom. The van der Waals surface area contributed by atoms with Gasteiger partial charge in [0.25, 0.3) is 0 Å². The number of hydrogen-bond acceptors (Lipinski definition) is 7. The Kier molecular flexibility index (Phi) is 11.3. The largest absolute Gasteiger partial charge is 0.497 e. The average molecular weight is 593 g/mol. The van der Waals surface area contributed by atoms with Crippen molar-refractivity contribution in [2.75, 3.05) is 73.7 Å². The van der Waals surface area contributed by atoms with E-state index in [2.05, 4.69) is 16.8 Å². The normalized spacial score (nSPS) is 21.5. The van der Waals surface area contributed by atoms with Crippen LogP contribution in [0.25, 0.3) is 0 Å². The van der Waals surface area contributed by atoms with Crippen LogP contribution in [0.1, 0.15) is 36.8 Å². The first kappa shape index (κ1) is 32.6. The Morgan fingerprint density at radius 3 is 2.15 bits per heavy atom. The van der Waals surface area contributed by atoms with Crippen LogP contribution in [0.4, 0.5) is 13.2 Å². The maximum absolute atomic E-state index is 13.4. The number of sulfonamides is 1. The minimum atomic E-state index is -4.52. The molecule has 0 aromatic heterocycles. The SMILES string of the molecule is COc1cc(C)c(S(=O)(=O)N(C)CCOCC(=O)N(CC(F)(F)F)[C@H]2CC[C@@H](N3CCN(C)CC3)CC2)c(C)c1. The molecule has 0 spiro atoms. The summed E-state index contributed by atoms with van der Waals surface area (Å²) >= 11 is 0. The highest BCUT2D eigenvalue weighted by Gasteiger charge is 2.39. The summed E-state index contributed by atoms with van der Waals surface area (Å²) in [4.78, 5) is 18.6. The van der Waals surface area contributed by atoms with Gasteiger partial charge in [-0.25, -0.2) is 8.42 Å². The summed E-state index contributed by atoms with van der Waals surface area (Å²) in [5, 5.41) is 0. The third kappa shape index (κ3) is 8.54. The van der Waals surface area contributed by atoms with E-state index < -0.39 is 41.3 Å². The fourth-order valence-electron chi connectivity index (χ4n) is 5.68. The maximum Gasteiger partial charge on any atom is 0.406 e. The fourth-order valence-corrected chi connectivity index (χ4v) is 7.24. The zero-order valence-electron chi connectivity index (χ0n) is 24.2. The standard InChI is InChI=1S/C27H43F3N4O5S/c1-20-16-24(38-5)17-21(2)26(20)40(36,37)32(4)14-15-39-18-25(35)34(19-27(28,29)30)23-8-6-22(7-9-23)33-12-10-31(3)11-13-33/h16-17,22-23H,6-15,18-19H2,1-5H3/t22-,23+. The molecule has 1 saturated heterocycles. The number of methoxy groups -OCH3 is 1. The topological polar surface area (TPSA) is 82.6 Å². The van der Waals surface area contributed by atoms with E-state index in [9.17, 15) is 26.4 Å². The summed E-state index contributed by atoms with van der Waals surface area (Å²) in [5.41, 5.74) is 1.06. The van der Waals surface area contributed by atoms with E-state index in [0.29, 0.717) is 35.8 Å². The highest BCUT2D eigenvalue weighted by molar-refractivity contribution is 7.89. The third-order valence-electron chi connectivity index (χ3n) is 7.95. The predicted molar refractivity (Wildman–Crippen MR) is 146 cm³/mol. The highest BCUT2D eigenvalue weighted by Crippen LogP contribution is 2.30. The smallest absolute Gasteiger partial charge is 0.406 e. The summed E-state index contributed by atoms with van der Waals surface area (Å²) in [5.74, 6) is -0.178. The van der Waals surface area contributed by atoms with Gasteiger partial charge in [-0.3, -0.25) is 9.69 Å². The van der Waals surface area contributed by atoms with Crippen LogP contribution in [0.2, 0.25) is 0 Å². The quantitative estimate of drug-likeness (QED) is 0.366. The minimum absolute atomic E-state index is 0.0596. The summed E-state index contributed by atoms with van der Waals surface area (Å²) in [7, 11) is 1.13. The number of ether oxygens (including phenoxy) is 2. The molecule has 3 rings (SSSR count). The van der Waals surface area contributed by atoms with Gasteiger partial charge in [-0.15, -0.1) is 0 Å². The molecule has 0 N–H and O–H groups in total. The second kappa shape index (κ2) is 13.8. The van der Waals surface area contributed by atoms with Gasteiger partial charge in [0.1, 0.15) is 18.9 Å². The number of piperazine rings is 1. The van der Waals surface area contributed by atoms with Crippen LogP contribution in [0, 0.1) is 13.8 Å². The van der Waals surface area contributed by atoms with E-state index in [1.165, 1.54) is 14.2 Å². The van der Waals surface area contributed by atoms with Crippen LogP contribution in [0.3, 0.4) is 0 Å². The molecule has 1 saturated carbocycles. The Morgan fingerprint density at radius 2 is 1.62 bits per heavy atom. The van der Waals surface area contributed by atoms with Crippen LogP contribution in [0.5, 0.6) is 5.75 Å². The molecule has 1 aromatic rings. The molecule has 0 atom stereocenters. The van der Waals surface area contributed by atoms with E-state index in [0.717, 1.165) is 48.2 Å². The predicted octanol–water partition coefficient (Wildman–Crippen LogP) is 2.90. The van der Waals surface area contributed by atoms with Crippen LogP contribution in [-0.2, 0) is 19.6 Å². The number of carbonyl (C=O) groups is 1. The van der Waals surface area contributed by atoms with Gasteiger partial charge in [-0.1, -0.05) is 0 Å². The van der Waals surface area contributed by atoms with E-state index in [1.54, 1.807) is 26.0 Å². The first-order valence-electron chi connectivity index (χ1n) is 13.7. The van der Waals surface area contributed by atoms with Gasteiger partial charge in [-0.2, -0.15) is 17.5 Å². The van der Waals surface area contributed by atoms with E-state index >= 15 is 0 Å². The minimum Gasteiger partial charge on any atom is -0.497 e. The highest BCUT2D eigenvalue weighted by atomic mass is 32.2.